The predicted molar refractivity (Wildman–Crippen MR) is 68.6 cm³/mol. The zero-order chi connectivity index (χ0) is 13.2. The molecule has 1 aromatic rings. The number of carbonyl (C=O) groups excluding carboxylic acids is 1. The average Bonchev–Trinajstić information content (AvgIpc) is 2.40. The van der Waals surface area contributed by atoms with E-state index in [1.807, 2.05) is 37.3 Å². The molecule has 1 aromatic carbocycles. The standard InChI is InChI=1S/C14H20O4/c1-3-13(14(15)16-4-2)18-11-10-17-12-8-6-5-7-9-12/h5-9,13H,3-4,10-11H2,1-2H3. The summed E-state index contributed by atoms with van der Waals surface area (Å²) in [5.41, 5.74) is 0. The second kappa shape index (κ2) is 8.53. The van der Waals surface area contributed by atoms with Gasteiger partial charge in [-0.3, -0.25) is 0 Å². The molecule has 1 rings (SSSR count). The van der Waals surface area contributed by atoms with E-state index in [-0.39, 0.29) is 5.97 Å². The van der Waals surface area contributed by atoms with E-state index in [2.05, 4.69) is 0 Å². The van der Waals surface area contributed by atoms with Gasteiger partial charge in [-0.2, -0.15) is 0 Å². The summed E-state index contributed by atoms with van der Waals surface area (Å²) in [6.07, 6.45) is 0.105. The predicted octanol–water partition coefficient (Wildman–Crippen LogP) is 2.42. The Labute approximate surface area is 108 Å². The molecule has 0 amide bonds. The number of esters is 1. The lowest BCUT2D eigenvalue weighted by molar-refractivity contribution is -0.157. The topological polar surface area (TPSA) is 44.8 Å². The molecule has 0 saturated heterocycles. The molecule has 18 heavy (non-hydrogen) atoms. The molecule has 4 nitrogen and oxygen atoms in total. The summed E-state index contributed by atoms with van der Waals surface area (Å²) in [5, 5.41) is 0. The van der Waals surface area contributed by atoms with Gasteiger partial charge in [0, 0.05) is 0 Å². The van der Waals surface area contributed by atoms with Crippen LogP contribution in [-0.4, -0.2) is 31.9 Å². The van der Waals surface area contributed by atoms with Crippen molar-refractivity contribution in [3.63, 3.8) is 0 Å². The summed E-state index contributed by atoms with van der Waals surface area (Å²) in [4.78, 5) is 11.5. The molecule has 0 aromatic heterocycles. The van der Waals surface area contributed by atoms with E-state index in [0.29, 0.717) is 26.2 Å². The van der Waals surface area contributed by atoms with Gasteiger partial charge in [-0.1, -0.05) is 25.1 Å². The van der Waals surface area contributed by atoms with Crippen LogP contribution in [0.5, 0.6) is 5.75 Å². The minimum atomic E-state index is -0.496. The summed E-state index contributed by atoms with van der Waals surface area (Å²) in [6, 6.07) is 9.50. The highest BCUT2D eigenvalue weighted by molar-refractivity contribution is 5.74. The van der Waals surface area contributed by atoms with E-state index in [4.69, 9.17) is 14.2 Å². The number of rotatable bonds is 8. The van der Waals surface area contributed by atoms with Crippen molar-refractivity contribution in [3.05, 3.63) is 30.3 Å². The van der Waals surface area contributed by atoms with Crippen molar-refractivity contribution in [2.75, 3.05) is 19.8 Å². The first kappa shape index (κ1) is 14.5. The number of para-hydroxylation sites is 1. The minimum Gasteiger partial charge on any atom is -0.491 e. The summed E-state index contributed by atoms with van der Waals surface area (Å²) in [5.74, 6) is 0.491. The molecule has 0 bridgehead atoms. The fourth-order valence-electron chi connectivity index (χ4n) is 1.45. The molecule has 0 heterocycles. The van der Waals surface area contributed by atoms with Gasteiger partial charge in [-0.05, 0) is 25.5 Å². The van der Waals surface area contributed by atoms with Crippen LogP contribution in [0.4, 0.5) is 0 Å². The third-order valence-corrected chi connectivity index (χ3v) is 2.33. The quantitative estimate of drug-likeness (QED) is 0.526. The lowest BCUT2D eigenvalue weighted by atomic mass is 10.3. The minimum absolute atomic E-state index is 0.306. The van der Waals surface area contributed by atoms with Crippen molar-refractivity contribution in [2.24, 2.45) is 0 Å². The molecule has 0 saturated carbocycles. The maximum absolute atomic E-state index is 11.5. The van der Waals surface area contributed by atoms with Gasteiger partial charge >= 0.3 is 5.97 Å². The maximum atomic E-state index is 11.5. The third kappa shape index (κ3) is 5.19. The van der Waals surface area contributed by atoms with Gasteiger partial charge in [0.2, 0.25) is 0 Å². The zero-order valence-electron chi connectivity index (χ0n) is 10.9. The van der Waals surface area contributed by atoms with Crippen LogP contribution in [0, 0.1) is 0 Å². The summed E-state index contributed by atoms with van der Waals surface area (Å²) < 4.78 is 15.8. The molecular weight excluding hydrogens is 232 g/mol. The number of carbonyl (C=O) groups is 1. The first-order valence-electron chi connectivity index (χ1n) is 6.24. The van der Waals surface area contributed by atoms with Gasteiger partial charge in [0.1, 0.15) is 12.4 Å². The van der Waals surface area contributed by atoms with Crippen LogP contribution >= 0.6 is 0 Å². The van der Waals surface area contributed by atoms with E-state index in [1.54, 1.807) is 6.92 Å². The van der Waals surface area contributed by atoms with Gasteiger partial charge in [0.25, 0.3) is 0 Å². The Hall–Kier alpha value is -1.55. The van der Waals surface area contributed by atoms with Gasteiger partial charge in [0.15, 0.2) is 6.10 Å². The van der Waals surface area contributed by atoms with Gasteiger partial charge in [0.05, 0.1) is 13.2 Å². The number of benzene rings is 1. The average molecular weight is 252 g/mol. The fraction of sp³-hybridized carbons (Fsp3) is 0.500. The van der Waals surface area contributed by atoms with Crippen molar-refractivity contribution in [2.45, 2.75) is 26.4 Å². The maximum Gasteiger partial charge on any atom is 0.335 e. The Morgan fingerprint density at radius 3 is 2.50 bits per heavy atom. The number of ether oxygens (including phenoxy) is 3. The highest BCUT2D eigenvalue weighted by atomic mass is 16.6. The second-order valence-corrected chi connectivity index (χ2v) is 3.68. The molecule has 0 radical (unpaired) electrons. The van der Waals surface area contributed by atoms with E-state index in [0.717, 1.165) is 5.75 Å². The first-order valence-corrected chi connectivity index (χ1v) is 6.24. The van der Waals surface area contributed by atoms with Gasteiger partial charge in [-0.15, -0.1) is 0 Å². The van der Waals surface area contributed by atoms with Crippen LogP contribution in [0.2, 0.25) is 0 Å². The molecule has 0 aliphatic heterocycles. The van der Waals surface area contributed by atoms with Crippen molar-refractivity contribution >= 4 is 5.97 Å². The molecule has 1 unspecified atom stereocenters. The van der Waals surface area contributed by atoms with Crippen molar-refractivity contribution in [3.8, 4) is 5.75 Å². The lowest BCUT2D eigenvalue weighted by Crippen LogP contribution is -2.27. The molecular formula is C14H20O4. The molecule has 4 heteroatoms. The van der Waals surface area contributed by atoms with Crippen molar-refractivity contribution < 1.29 is 19.0 Å². The highest BCUT2D eigenvalue weighted by Crippen LogP contribution is 2.08. The number of hydrogen-bond acceptors (Lipinski definition) is 4. The highest BCUT2D eigenvalue weighted by Gasteiger charge is 2.17. The summed E-state index contributed by atoms with van der Waals surface area (Å²) in [7, 11) is 0. The van der Waals surface area contributed by atoms with Crippen LogP contribution in [0.1, 0.15) is 20.3 Å². The Morgan fingerprint density at radius 1 is 1.17 bits per heavy atom. The van der Waals surface area contributed by atoms with Crippen LogP contribution in [-0.2, 0) is 14.3 Å². The van der Waals surface area contributed by atoms with Crippen LogP contribution < -0.4 is 4.74 Å². The smallest absolute Gasteiger partial charge is 0.335 e. The summed E-state index contributed by atoms with van der Waals surface area (Å²) >= 11 is 0. The monoisotopic (exact) mass is 252 g/mol. The zero-order valence-corrected chi connectivity index (χ0v) is 10.9. The normalized spacial score (nSPS) is 11.9. The lowest BCUT2D eigenvalue weighted by Gasteiger charge is -2.14. The molecule has 0 spiro atoms. The molecule has 0 N–H and O–H groups in total. The largest absolute Gasteiger partial charge is 0.491 e. The van der Waals surface area contributed by atoms with Crippen LogP contribution in [0.3, 0.4) is 0 Å². The third-order valence-electron chi connectivity index (χ3n) is 2.33. The molecule has 1 atom stereocenters. The Morgan fingerprint density at radius 2 is 1.89 bits per heavy atom. The van der Waals surface area contributed by atoms with E-state index < -0.39 is 6.10 Å². The van der Waals surface area contributed by atoms with Crippen LogP contribution in [0.25, 0.3) is 0 Å². The van der Waals surface area contributed by atoms with E-state index >= 15 is 0 Å². The Kier molecular flexibility index (Phi) is 6.87. The van der Waals surface area contributed by atoms with Gasteiger partial charge in [-0.25, -0.2) is 4.79 Å². The first-order chi connectivity index (χ1) is 8.77. The summed E-state index contributed by atoms with van der Waals surface area (Å²) in [6.45, 7) is 4.83. The van der Waals surface area contributed by atoms with E-state index in [9.17, 15) is 4.79 Å². The fourth-order valence-corrected chi connectivity index (χ4v) is 1.45. The van der Waals surface area contributed by atoms with Gasteiger partial charge < -0.3 is 14.2 Å². The molecule has 0 fully saturated rings. The number of hydrogen-bond donors (Lipinski definition) is 0. The SMILES string of the molecule is CCOC(=O)C(CC)OCCOc1ccccc1. The van der Waals surface area contributed by atoms with Crippen molar-refractivity contribution in [1.29, 1.82) is 0 Å². The Balaban J connectivity index is 2.21. The Bertz CT molecular complexity index is 337. The molecule has 0 aliphatic rings. The van der Waals surface area contributed by atoms with Crippen molar-refractivity contribution in [1.82, 2.24) is 0 Å². The van der Waals surface area contributed by atoms with E-state index in [1.165, 1.54) is 0 Å². The molecule has 0 aliphatic carbocycles. The second-order valence-electron chi connectivity index (χ2n) is 3.68. The van der Waals surface area contributed by atoms with Crippen LogP contribution in [0.15, 0.2) is 30.3 Å². The molecule has 100 valence electrons.